The first-order valence-corrected chi connectivity index (χ1v) is 7.83. The first-order valence-electron chi connectivity index (χ1n) is 7.83. The van der Waals surface area contributed by atoms with Crippen LogP contribution in [0.4, 0.5) is 0 Å². The molecule has 18 heavy (non-hydrogen) atoms. The van der Waals surface area contributed by atoms with Crippen LogP contribution in [0.5, 0.6) is 0 Å². The Bertz CT molecular complexity index is 208. The molecular weight excluding hydrogens is 222 g/mol. The van der Waals surface area contributed by atoms with E-state index in [4.69, 9.17) is 0 Å². The standard InChI is InChI=1S/C15H33N3/c1-5-8-15(16-9-6-2)13-18-11-7-10-17(4)12-14(18)3/h14-16H,5-13H2,1-4H3. The Hall–Kier alpha value is -0.120. The average molecular weight is 255 g/mol. The summed E-state index contributed by atoms with van der Waals surface area (Å²) in [5.41, 5.74) is 0. The van der Waals surface area contributed by atoms with E-state index >= 15 is 0 Å². The fourth-order valence-electron chi connectivity index (χ4n) is 2.93. The van der Waals surface area contributed by atoms with Crippen LogP contribution in [0, 0.1) is 0 Å². The van der Waals surface area contributed by atoms with Gasteiger partial charge in [0, 0.05) is 25.2 Å². The van der Waals surface area contributed by atoms with Gasteiger partial charge in [0.15, 0.2) is 0 Å². The monoisotopic (exact) mass is 255 g/mol. The molecule has 1 aliphatic heterocycles. The zero-order chi connectivity index (χ0) is 13.4. The van der Waals surface area contributed by atoms with Gasteiger partial charge in [-0.15, -0.1) is 0 Å². The van der Waals surface area contributed by atoms with Gasteiger partial charge in [-0.05, 0) is 52.9 Å². The van der Waals surface area contributed by atoms with Gasteiger partial charge in [-0.2, -0.15) is 0 Å². The van der Waals surface area contributed by atoms with Crippen LogP contribution in [0.1, 0.15) is 46.5 Å². The SMILES string of the molecule is CCCNC(CCC)CN1CCCN(C)CC1C. The van der Waals surface area contributed by atoms with Gasteiger partial charge in [-0.25, -0.2) is 0 Å². The maximum Gasteiger partial charge on any atom is 0.0195 e. The zero-order valence-electron chi connectivity index (χ0n) is 12.9. The third-order valence-electron chi connectivity index (χ3n) is 3.96. The van der Waals surface area contributed by atoms with Gasteiger partial charge in [-0.3, -0.25) is 4.90 Å². The molecule has 0 saturated carbocycles. The van der Waals surface area contributed by atoms with E-state index < -0.39 is 0 Å². The number of rotatable bonds is 7. The molecule has 0 bridgehead atoms. The predicted molar refractivity (Wildman–Crippen MR) is 80.1 cm³/mol. The van der Waals surface area contributed by atoms with Gasteiger partial charge >= 0.3 is 0 Å². The minimum absolute atomic E-state index is 0.681. The summed E-state index contributed by atoms with van der Waals surface area (Å²) in [4.78, 5) is 5.16. The second-order valence-electron chi connectivity index (χ2n) is 5.90. The van der Waals surface area contributed by atoms with E-state index in [1.54, 1.807) is 0 Å². The van der Waals surface area contributed by atoms with Gasteiger partial charge in [-0.1, -0.05) is 20.3 Å². The molecule has 1 aliphatic rings. The van der Waals surface area contributed by atoms with Crippen LogP contribution in [-0.2, 0) is 0 Å². The van der Waals surface area contributed by atoms with E-state index in [9.17, 15) is 0 Å². The van der Waals surface area contributed by atoms with Gasteiger partial charge in [0.2, 0.25) is 0 Å². The third-order valence-corrected chi connectivity index (χ3v) is 3.96. The van der Waals surface area contributed by atoms with Crippen molar-refractivity contribution in [2.75, 3.05) is 39.8 Å². The molecule has 1 fully saturated rings. The van der Waals surface area contributed by atoms with Crippen LogP contribution in [0.15, 0.2) is 0 Å². The van der Waals surface area contributed by atoms with E-state index in [-0.39, 0.29) is 0 Å². The second kappa shape index (κ2) is 8.89. The largest absolute Gasteiger partial charge is 0.313 e. The number of nitrogens with one attached hydrogen (secondary N) is 1. The van der Waals surface area contributed by atoms with Crippen LogP contribution >= 0.6 is 0 Å². The first-order chi connectivity index (χ1) is 8.67. The van der Waals surface area contributed by atoms with Gasteiger partial charge in [0.1, 0.15) is 0 Å². The number of hydrogen-bond acceptors (Lipinski definition) is 3. The van der Waals surface area contributed by atoms with Crippen LogP contribution < -0.4 is 5.32 Å². The summed E-state index contributed by atoms with van der Waals surface area (Å²) in [5, 5.41) is 3.71. The lowest BCUT2D eigenvalue weighted by atomic mass is 10.1. The van der Waals surface area contributed by atoms with E-state index in [2.05, 4.69) is 42.9 Å². The number of likely N-dealkylation sites (N-methyl/N-ethyl adjacent to an activating group) is 1. The minimum Gasteiger partial charge on any atom is -0.313 e. The first kappa shape index (κ1) is 15.9. The van der Waals surface area contributed by atoms with E-state index in [0.717, 1.165) is 6.54 Å². The summed E-state index contributed by atoms with van der Waals surface area (Å²) < 4.78 is 0. The third kappa shape index (κ3) is 5.68. The molecule has 0 aromatic carbocycles. The molecule has 108 valence electrons. The highest BCUT2D eigenvalue weighted by atomic mass is 15.2. The lowest BCUT2D eigenvalue weighted by Gasteiger charge is -2.32. The molecule has 3 nitrogen and oxygen atoms in total. The number of nitrogens with zero attached hydrogens (tertiary/aromatic N) is 2. The molecule has 1 heterocycles. The van der Waals surface area contributed by atoms with Crippen molar-refractivity contribution in [1.82, 2.24) is 15.1 Å². The Balaban J connectivity index is 2.44. The van der Waals surface area contributed by atoms with Crippen molar-refractivity contribution >= 4 is 0 Å². The van der Waals surface area contributed by atoms with Crippen molar-refractivity contribution in [3.05, 3.63) is 0 Å². The van der Waals surface area contributed by atoms with E-state index in [1.165, 1.54) is 51.9 Å². The average Bonchev–Trinajstić information content (AvgIpc) is 2.48. The molecule has 0 aromatic heterocycles. The smallest absolute Gasteiger partial charge is 0.0195 e. The predicted octanol–water partition coefficient (Wildman–Crippen LogP) is 2.18. The summed E-state index contributed by atoms with van der Waals surface area (Å²) in [5.74, 6) is 0. The Kier molecular flexibility index (Phi) is 7.87. The molecule has 0 spiro atoms. The van der Waals surface area contributed by atoms with Crippen LogP contribution in [0.2, 0.25) is 0 Å². The quantitative estimate of drug-likeness (QED) is 0.752. The molecule has 2 unspecified atom stereocenters. The Morgan fingerprint density at radius 3 is 2.67 bits per heavy atom. The lowest BCUT2D eigenvalue weighted by Crippen LogP contribution is -2.46. The topological polar surface area (TPSA) is 18.5 Å². The molecular formula is C15H33N3. The zero-order valence-corrected chi connectivity index (χ0v) is 12.9. The van der Waals surface area contributed by atoms with Crippen LogP contribution in [-0.4, -0.2) is 61.7 Å². The molecule has 1 N–H and O–H groups in total. The van der Waals surface area contributed by atoms with Gasteiger partial charge in [0.05, 0.1) is 0 Å². The molecule has 0 radical (unpaired) electrons. The highest BCUT2D eigenvalue weighted by Gasteiger charge is 2.21. The summed E-state index contributed by atoms with van der Waals surface area (Å²) in [6, 6.07) is 1.38. The highest BCUT2D eigenvalue weighted by molar-refractivity contribution is 4.80. The Labute approximate surface area is 114 Å². The second-order valence-corrected chi connectivity index (χ2v) is 5.90. The number of hydrogen-bond donors (Lipinski definition) is 1. The molecule has 2 atom stereocenters. The van der Waals surface area contributed by atoms with Crippen molar-refractivity contribution in [3.63, 3.8) is 0 Å². The maximum absolute atomic E-state index is 3.71. The molecule has 0 aromatic rings. The molecule has 1 saturated heterocycles. The van der Waals surface area contributed by atoms with E-state index in [0.29, 0.717) is 12.1 Å². The van der Waals surface area contributed by atoms with Crippen molar-refractivity contribution in [2.24, 2.45) is 0 Å². The van der Waals surface area contributed by atoms with Crippen LogP contribution in [0.3, 0.4) is 0 Å². The Morgan fingerprint density at radius 2 is 2.00 bits per heavy atom. The fourth-order valence-corrected chi connectivity index (χ4v) is 2.93. The van der Waals surface area contributed by atoms with Gasteiger partial charge in [0.25, 0.3) is 0 Å². The molecule has 3 heteroatoms. The minimum atomic E-state index is 0.681. The summed E-state index contributed by atoms with van der Waals surface area (Å²) in [6.07, 6.45) is 5.13. The highest BCUT2D eigenvalue weighted by Crippen LogP contribution is 2.10. The molecule has 0 amide bonds. The molecule has 1 rings (SSSR count). The van der Waals surface area contributed by atoms with Crippen molar-refractivity contribution in [1.29, 1.82) is 0 Å². The molecule has 0 aliphatic carbocycles. The van der Waals surface area contributed by atoms with E-state index in [1.807, 2.05) is 0 Å². The van der Waals surface area contributed by atoms with Crippen molar-refractivity contribution in [2.45, 2.75) is 58.5 Å². The normalized spacial score (nSPS) is 25.0. The fraction of sp³-hybridized carbons (Fsp3) is 1.00. The maximum atomic E-state index is 3.71. The van der Waals surface area contributed by atoms with Crippen LogP contribution in [0.25, 0.3) is 0 Å². The summed E-state index contributed by atoms with van der Waals surface area (Å²) in [6.45, 7) is 13.0. The van der Waals surface area contributed by atoms with Crippen molar-refractivity contribution in [3.8, 4) is 0 Å². The van der Waals surface area contributed by atoms with Crippen molar-refractivity contribution < 1.29 is 0 Å². The lowest BCUT2D eigenvalue weighted by molar-refractivity contribution is 0.179. The Morgan fingerprint density at radius 1 is 1.22 bits per heavy atom. The van der Waals surface area contributed by atoms with Gasteiger partial charge < -0.3 is 10.2 Å². The summed E-state index contributed by atoms with van der Waals surface area (Å²) >= 11 is 0. The summed E-state index contributed by atoms with van der Waals surface area (Å²) in [7, 11) is 2.25.